The van der Waals surface area contributed by atoms with E-state index in [0.29, 0.717) is 10.4 Å². The van der Waals surface area contributed by atoms with Crippen molar-refractivity contribution < 1.29 is 18.8 Å². The van der Waals surface area contributed by atoms with E-state index in [1.807, 2.05) is 37.3 Å². The summed E-state index contributed by atoms with van der Waals surface area (Å²) in [6.07, 6.45) is 0.773. The summed E-state index contributed by atoms with van der Waals surface area (Å²) < 4.78 is 12.9. The number of likely N-dealkylation sites (tertiary alicyclic amines) is 1. The summed E-state index contributed by atoms with van der Waals surface area (Å²) in [7, 11) is 2.20. The van der Waals surface area contributed by atoms with Gasteiger partial charge in [-0.05, 0) is 36.6 Å². The number of ether oxygens (including phenoxy) is 2. The number of para-hydroxylation sites is 1. The molecule has 0 N–H and O–H groups in total. The third-order valence-electron chi connectivity index (χ3n) is 7.20. The van der Waals surface area contributed by atoms with E-state index in [1.165, 1.54) is 5.56 Å². The molecule has 1 saturated heterocycles. The summed E-state index contributed by atoms with van der Waals surface area (Å²) in [5, 5.41) is 0.723. The highest BCUT2D eigenvalue weighted by Gasteiger charge is 2.51. The van der Waals surface area contributed by atoms with E-state index in [4.69, 9.17) is 21.1 Å². The van der Waals surface area contributed by atoms with Gasteiger partial charge in [-0.25, -0.2) is 0 Å². The van der Waals surface area contributed by atoms with Crippen LogP contribution in [0.1, 0.15) is 43.2 Å². The first kappa shape index (κ1) is 19.0. The highest BCUT2D eigenvalue weighted by molar-refractivity contribution is 6.30. The molecule has 3 aliphatic rings. The van der Waals surface area contributed by atoms with Crippen molar-refractivity contribution in [3.05, 3.63) is 58.6 Å². The van der Waals surface area contributed by atoms with Crippen LogP contribution in [0.4, 0.5) is 0 Å². The van der Waals surface area contributed by atoms with Gasteiger partial charge in [0.2, 0.25) is 6.23 Å². The van der Waals surface area contributed by atoms with Crippen LogP contribution in [-0.4, -0.2) is 36.8 Å². The predicted octanol–water partition coefficient (Wildman–Crippen LogP) is 5.32. The van der Waals surface area contributed by atoms with Gasteiger partial charge >= 0.3 is 5.97 Å². The maximum absolute atomic E-state index is 12.5. The molecule has 5 rings (SSSR count). The number of fused-ring (bicyclic) bond motifs is 5. The van der Waals surface area contributed by atoms with E-state index >= 15 is 0 Å². The second-order valence-corrected chi connectivity index (χ2v) is 9.67. The molecule has 1 aliphatic carbocycles. The van der Waals surface area contributed by atoms with Crippen LogP contribution in [0.5, 0.6) is 11.5 Å². The first-order valence-electron chi connectivity index (χ1n) is 10.5. The molecule has 2 aromatic rings. The van der Waals surface area contributed by atoms with E-state index in [0.717, 1.165) is 41.6 Å². The fourth-order valence-corrected chi connectivity index (χ4v) is 5.27. The van der Waals surface area contributed by atoms with E-state index in [2.05, 4.69) is 26.1 Å². The maximum atomic E-state index is 12.5. The van der Waals surface area contributed by atoms with E-state index in [1.54, 1.807) is 0 Å². The van der Waals surface area contributed by atoms with Crippen LogP contribution < -0.4 is 4.74 Å². The number of halogens is 1. The van der Waals surface area contributed by atoms with Crippen molar-refractivity contribution in [2.24, 2.45) is 11.8 Å². The minimum atomic E-state index is -0.182. The lowest BCUT2D eigenvalue weighted by Crippen LogP contribution is -2.51. The smallest absolute Gasteiger partial charge is 0.313 e. The summed E-state index contributed by atoms with van der Waals surface area (Å²) in [6.45, 7) is 5.92. The van der Waals surface area contributed by atoms with Crippen molar-refractivity contribution >= 4 is 17.6 Å². The predicted molar refractivity (Wildman–Crippen MR) is 112 cm³/mol. The Morgan fingerprint density at radius 2 is 1.79 bits per heavy atom. The van der Waals surface area contributed by atoms with E-state index in [9.17, 15) is 4.79 Å². The third-order valence-corrected chi connectivity index (χ3v) is 7.43. The third kappa shape index (κ3) is 3.23. The van der Waals surface area contributed by atoms with Gasteiger partial charge in [0.25, 0.3) is 0 Å². The molecule has 0 aromatic heterocycles. The second kappa shape index (κ2) is 6.75. The Morgan fingerprint density at radius 1 is 1.14 bits per heavy atom. The maximum Gasteiger partial charge on any atom is 0.313 e. The van der Waals surface area contributed by atoms with Crippen LogP contribution in [0.25, 0.3) is 0 Å². The molecule has 0 radical (unpaired) electrons. The molecule has 29 heavy (non-hydrogen) atoms. The quantitative estimate of drug-likeness (QED) is 0.505. The number of esters is 1. The van der Waals surface area contributed by atoms with Crippen LogP contribution in [0.2, 0.25) is 5.02 Å². The Kier molecular flexibility index (Phi) is 4.41. The average Bonchev–Trinajstić information content (AvgIpc) is 3.34. The minimum absolute atomic E-state index is 0.0383. The molecule has 2 fully saturated rings. The second-order valence-electron chi connectivity index (χ2n) is 9.24. The van der Waals surface area contributed by atoms with E-state index < -0.39 is 0 Å². The Balaban J connectivity index is 1.50. The molecule has 5 heteroatoms. The van der Waals surface area contributed by atoms with Crippen molar-refractivity contribution in [1.82, 2.24) is 0 Å². The van der Waals surface area contributed by atoms with Gasteiger partial charge < -0.3 is 9.47 Å². The fourth-order valence-electron chi connectivity index (χ4n) is 5.09. The molecular weight excluding hydrogens is 386 g/mol. The Morgan fingerprint density at radius 3 is 2.52 bits per heavy atom. The first-order chi connectivity index (χ1) is 13.9. The zero-order valence-corrected chi connectivity index (χ0v) is 17.9. The van der Waals surface area contributed by atoms with Gasteiger partial charge in [0.15, 0.2) is 0 Å². The van der Waals surface area contributed by atoms with E-state index in [-0.39, 0.29) is 30.0 Å². The van der Waals surface area contributed by atoms with Gasteiger partial charge in [-0.3, -0.25) is 9.28 Å². The molecule has 4 nitrogen and oxygen atoms in total. The molecule has 2 aliphatic heterocycles. The molecule has 2 heterocycles. The van der Waals surface area contributed by atoms with Crippen LogP contribution in [-0.2, 0) is 9.53 Å². The number of hydrogen-bond donors (Lipinski definition) is 0. The standard InChI is InChI=1S/C24H27ClNO3/c1-14-10-18(14)24(27)28-15(2)26(3)12-20-17-6-4-5-7-22(17)29-23-9-8-16(25)11-19(23)21(20)13-26/h4-9,11,14-15,18,20-21H,10,12-13H2,1-3H3/q+1. The summed E-state index contributed by atoms with van der Waals surface area (Å²) in [6, 6.07) is 14.2. The number of rotatable bonds is 3. The number of benzene rings is 2. The number of likely N-dealkylation sites (N-methyl/N-ethyl adjacent to an activating group) is 1. The first-order valence-corrected chi connectivity index (χ1v) is 10.8. The fraction of sp³-hybridized carbons (Fsp3) is 0.458. The monoisotopic (exact) mass is 412 g/mol. The summed E-state index contributed by atoms with van der Waals surface area (Å²) in [4.78, 5) is 12.5. The molecule has 1 saturated carbocycles. The zero-order chi connectivity index (χ0) is 20.3. The van der Waals surface area contributed by atoms with Gasteiger partial charge in [-0.15, -0.1) is 0 Å². The minimum Gasteiger partial charge on any atom is -0.457 e. The van der Waals surface area contributed by atoms with Crippen LogP contribution in [0.15, 0.2) is 42.5 Å². The molecule has 6 atom stereocenters. The zero-order valence-electron chi connectivity index (χ0n) is 17.1. The summed E-state index contributed by atoms with van der Waals surface area (Å²) in [5.74, 6) is 2.85. The van der Waals surface area contributed by atoms with Crippen LogP contribution >= 0.6 is 11.6 Å². The van der Waals surface area contributed by atoms with Gasteiger partial charge in [-0.1, -0.05) is 36.7 Å². The van der Waals surface area contributed by atoms with Crippen LogP contribution in [0.3, 0.4) is 0 Å². The lowest BCUT2D eigenvalue weighted by atomic mass is 9.84. The SMILES string of the molecule is CC1CC1C(=O)OC(C)[N+]1(C)CC2c3ccccc3Oc3ccc(Cl)cc3C2C1. The average molecular weight is 413 g/mol. The van der Waals surface area contributed by atoms with Crippen molar-refractivity contribution in [3.63, 3.8) is 0 Å². The summed E-state index contributed by atoms with van der Waals surface area (Å²) in [5.41, 5.74) is 2.37. The van der Waals surface area contributed by atoms with Gasteiger partial charge in [0.1, 0.15) is 11.5 Å². The van der Waals surface area contributed by atoms with Crippen molar-refractivity contribution in [2.45, 2.75) is 38.3 Å². The highest BCUT2D eigenvalue weighted by Crippen LogP contribution is 2.52. The Bertz CT molecular complexity index is 976. The lowest BCUT2D eigenvalue weighted by molar-refractivity contribution is -0.940. The number of carbonyl (C=O) groups is 1. The van der Waals surface area contributed by atoms with Crippen LogP contribution in [0, 0.1) is 11.8 Å². The van der Waals surface area contributed by atoms with Crippen molar-refractivity contribution in [3.8, 4) is 11.5 Å². The van der Waals surface area contributed by atoms with Gasteiger partial charge in [0, 0.05) is 34.9 Å². The van der Waals surface area contributed by atoms with Gasteiger partial charge in [-0.2, -0.15) is 0 Å². The molecule has 2 aromatic carbocycles. The number of hydrogen-bond acceptors (Lipinski definition) is 3. The number of nitrogens with zero attached hydrogens (tertiary/aromatic N) is 1. The lowest BCUT2D eigenvalue weighted by Gasteiger charge is -2.35. The molecule has 0 spiro atoms. The van der Waals surface area contributed by atoms with Crippen molar-refractivity contribution in [2.75, 3.05) is 20.1 Å². The summed E-state index contributed by atoms with van der Waals surface area (Å²) >= 11 is 6.36. The highest BCUT2D eigenvalue weighted by atomic mass is 35.5. The topological polar surface area (TPSA) is 35.5 Å². The molecule has 0 amide bonds. The largest absolute Gasteiger partial charge is 0.457 e. The molecule has 0 bridgehead atoms. The van der Waals surface area contributed by atoms with Crippen molar-refractivity contribution in [1.29, 1.82) is 0 Å². The molecular formula is C24H27ClNO3+. The van der Waals surface area contributed by atoms with Gasteiger partial charge in [0.05, 0.1) is 26.1 Å². The molecule has 6 unspecified atom stereocenters. The Hall–Kier alpha value is -2.04. The number of carbonyl (C=O) groups excluding carboxylic acids is 1. The Labute approximate surface area is 177 Å². The molecule has 152 valence electrons. The normalized spacial score (nSPS) is 32.8. The number of quaternary nitrogens is 1.